The van der Waals surface area contributed by atoms with Gasteiger partial charge in [-0.3, -0.25) is 0 Å². The summed E-state index contributed by atoms with van der Waals surface area (Å²) in [6.45, 7) is 5.06. The molecule has 5 heteroatoms. The van der Waals surface area contributed by atoms with Crippen molar-refractivity contribution < 1.29 is 8.42 Å². The van der Waals surface area contributed by atoms with Gasteiger partial charge in [-0.05, 0) is 57.1 Å². The van der Waals surface area contributed by atoms with E-state index >= 15 is 0 Å². The molecule has 2 aromatic carbocycles. The molecule has 0 saturated carbocycles. The Bertz CT molecular complexity index is 726. The van der Waals surface area contributed by atoms with Crippen molar-refractivity contribution in [2.24, 2.45) is 0 Å². The number of nitrogens with one attached hydrogen (secondary N) is 1. The highest BCUT2D eigenvalue weighted by Crippen LogP contribution is 2.21. The number of benzene rings is 2. The molecular formula is C19H26N2O2S. The Morgan fingerprint density at radius 3 is 2.12 bits per heavy atom. The second-order valence-electron chi connectivity index (χ2n) is 6.13. The fourth-order valence-corrected chi connectivity index (χ4v) is 4.17. The number of likely N-dealkylation sites (N-methyl/N-ethyl adjacent to an activating group) is 1. The predicted molar refractivity (Wildman–Crippen MR) is 98.4 cm³/mol. The van der Waals surface area contributed by atoms with E-state index in [1.54, 1.807) is 16.4 Å². The monoisotopic (exact) mass is 346 g/mol. The van der Waals surface area contributed by atoms with E-state index in [1.807, 2.05) is 63.4 Å². The summed E-state index contributed by atoms with van der Waals surface area (Å²) in [5, 5.41) is 3.10. The van der Waals surface area contributed by atoms with Crippen LogP contribution in [0.3, 0.4) is 0 Å². The molecule has 24 heavy (non-hydrogen) atoms. The highest BCUT2D eigenvalue weighted by Gasteiger charge is 2.27. The Hall–Kier alpha value is -1.69. The first-order valence-electron chi connectivity index (χ1n) is 8.24. The summed E-state index contributed by atoms with van der Waals surface area (Å²) < 4.78 is 27.6. The van der Waals surface area contributed by atoms with Crippen LogP contribution in [-0.4, -0.2) is 32.4 Å². The van der Waals surface area contributed by atoms with Crippen molar-refractivity contribution in [2.75, 3.05) is 13.6 Å². The minimum Gasteiger partial charge on any atom is -0.319 e. The van der Waals surface area contributed by atoms with Gasteiger partial charge in [0.25, 0.3) is 0 Å². The van der Waals surface area contributed by atoms with Crippen molar-refractivity contribution in [3.05, 3.63) is 65.7 Å². The first-order chi connectivity index (χ1) is 11.4. The molecule has 0 spiro atoms. The van der Waals surface area contributed by atoms with Crippen LogP contribution in [0.5, 0.6) is 0 Å². The zero-order chi connectivity index (χ0) is 17.6. The summed E-state index contributed by atoms with van der Waals surface area (Å²) >= 11 is 0. The summed E-state index contributed by atoms with van der Waals surface area (Å²) in [7, 11) is -1.61. The van der Waals surface area contributed by atoms with E-state index in [0.717, 1.165) is 24.1 Å². The molecule has 1 N–H and O–H groups in total. The number of hydrogen-bond donors (Lipinski definition) is 1. The third kappa shape index (κ3) is 4.66. The maximum Gasteiger partial charge on any atom is 0.243 e. The van der Waals surface area contributed by atoms with Gasteiger partial charge in [0.15, 0.2) is 0 Å². The molecule has 0 aromatic heterocycles. The smallest absolute Gasteiger partial charge is 0.243 e. The van der Waals surface area contributed by atoms with Crippen LogP contribution in [0, 0.1) is 0 Å². The number of rotatable bonds is 8. The van der Waals surface area contributed by atoms with Crippen molar-refractivity contribution in [1.29, 1.82) is 0 Å². The molecule has 0 aliphatic heterocycles. The highest BCUT2D eigenvalue weighted by atomic mass is 32.2. The molecule has 0 amide bonds. The Balaban J connectivity index is 2.24. The van der Waals surface area contributed by atoms with Crippen molar-refractivity contribution >= 4 is 10.0 Å². The third-order valence-corrected chi connectivity index (χ3v) is 5.99. The van der Waals surface area contributed by atoms with Crippen molar-refractivity contribution in [3.8, 4) is 0 Å². The molecular weight excluding hydrogens is 320 g/mol. The average Bonchev–Trinajstić information content (AvgIpc) is 2.58. The molecule has 0 radical (unpaired) electrons. The van der Waals surface area contributed by atoms with E-state index in [4.69, 9.17) is 0 Å². The van der Waals surface area contributed by atoms with Gasteiger partial charge < -0.3 is 5.32 Å². The standard InChI is InChI=1S/C19H26N2O2S/c1-16(2)21(15-18-7-5-4-6-8-18)24(22,23)19-11-9-17(10-12-19)13-14-20-3/h4-12,16,20H,13-15H2,1-3H3. The third-order valence-electron chi connectivity index (χ3n) is 3.95. The van der Waals surface area contributed by atoms with Crippen LogP contribution in [0.25, 0.3) is 0 Å². The van der Waals surface area contributed by atoms with Crippen LogP contribution in [0.2, 0.25) is 0 Å². The molecule has 4 nitrogen and oxygen atoms in total. The first kappa shape index (κ1) is 18.6. The van der Waals surface area contributed by atoms with Gasteiger partial charge in [0.1, 0.15) is 0 Å². The first-order valence-corrected chi connectivity index (χ1v) is 9.68. The van der Waals surface area contributed by atoms with Gasteiger partial charge in [0, 0.05) is 12.6 Å². The van der Waals surface area contributed by atoms with Crippen LogP contribution in [0.4, 0.5) is 0 Å². The van der Waals surface area contributed by atoms with Crippen LogP contribution in [-0.2, 0) is 23.0 Å². The zero-order valence-corrected chi connectivity index (χ0v) is 15.4. The van der Waals surface area contributed by atoms with Crippen molar-refractivity contribution in [1.82, 2.24) is 9.62 Å². The van der Waals surface area contributed by atoms with Gasteiger partial charge in [-0.1, -0.05) is 42.5 Å². The minimum absolute atomic E-state index is 0.112. The fourth-order valence-electron chi connectivity index (χ4n) is 2.54. The molecule has 0 heterocycles. The van der Waals surface area contributed by atoms with Gasteiger partial charge in [-0.15, -0.1) is 0 Å². The van der Waals surface area contributed by atoms with Crippen LogP contribution in [0.1, 0.15) is 25.0 Å². The molecule has 0 aliphatic rings. The fraction of sp³-hybridized carbons (Fsp3) is 0.368. The lowest BCUT2D eigenvalue weighted by Crippen LogP contribution is -2.36. The molecule has 2 aromatic rings. The van der Waals surface area contributed by atoms with Crippen LogP contribution >= 0.6 is 0 Å². The Kier molecular flexibility index (Phi) is 6.54. The minimum atomic E-state index is -3.52. The quantitative estimate of drug-likeness (QED) is 0.799. The Morgan fingerprint density at radius 1 is 0.958 bits per heavy atom. The molecule has 0 unspecified atom stereocenters. The predicted octanol–water partition coefficient (Wildman–Crippen LogP) is 3.05. The molecule has 0 atom stereocenters. The molecule has 0 fully saturated rings. The maximum atomic E-state index is 13.0. The lowest BCUT2D eigenvalue weighted by molar-refractivity contribution is 0.348. The summed E-state index contributed by atoms with van der Waals surface area (Å²) in [5.74, 6) is 0. The Labute approximate surface area is 145 Å². The lowest BCUT2D eigenvalue weighted by Gasteiger charge is -2.26. The van der Waals surface area contributed by atoms with E-state index in [0.29, 0.717) is 11.4 Å². The van der Waals surface area contributed by atoms with E-state index in [1.165, 1.54) is 0 Å². The summed E-state index contributed by atoms with van der Waals surface area (Å²) in [6.07, 6.45) is 0.884. The van der Waals surface area contributed by atoms with Gasteiger partial charge in [-0.25, -0.2) is 8.42 Å². The molecule has 2 rings (SSSR count). The van der Waals surface area contributed by atoms with Crippen molar-refractivity contribution in [2.45, 2.75) is 37.8 Å². The van der Waals surface area contributed by atoms with Gasteiger partial charge in [0.05, 0.1) is 4.90 Å². The van der Waals surface area contributed by atoms with Gasteiger partial charge in [-0.2, -0.15) is 4.31 Å². The average molecular weight is 346 g/mol. The van der Waals surface area contributed by atoms with E-state index in [2.05, 4.69) is 5.32 Å². The largest absolute Gasteiger partial charge is 0.319 e. The second-order valence-corrected chi connectivity index (χ2v) is 8.02. The van der Waals surface area contributed by atoms with Gasteiger partial charge >= 0.3 is 0 Å². The highest BCUT2D eigenvalue weighted by molar-refractivity contribution is 7.89. The second kappa shape index (κ2) is 8.42. The van der Waals surface area contributed by atoms with Crippen LogP contribution in [0.15, 0.2) is 59.5 Å². The molecule has 130 valence electrons. The lowest BCUT2D eigenvalue weighted by atomic mass is 10.1. The van der Waals surface area contributed by atoms with E-state index < -0.39 is 10.0 Å². The number of nitrogens with zero attached hydrogens (tertiary/aromatic N) is 1. The molecule has 0 aliphatic carbocycles. The zero-order valence-electron chi connectivity index (χ0n) is 14.6. The SMILES string of the molecule is CNCCc1ccc(S(=O)(=O)N(Cc2ccccc2)C(C)C)cc1. The summed E-state index contributed by atoms with van der Waals surface area (Å²) in [6, 6.07) is 16.8. The number of hydrogen-bond acceptors (Lipinski definition) is 3. The van der Waals surface area contributed by atoms with E-state index in [-0.39, 0.29) is 6.04 Å². The van der Waals surface area contributed by atoms with Crippen molar-refractivity contribution in [3.63, 3.8) is 0 Å². The van der Waals surface area contributed by atoms with Gasteiger partial charge in [0.2, 0.25) is 10.0 Å². The summed E-state index contributed by atoms with van der Waals surface area (Å²) in [4.78, 5) is 0.348. The summed E-state index contributed by atoms with van der Waals surface area (Å²) in [5.41, 5.74) is 2.11. The maximum absolute atomic E-state index is 13.0. The van der Waals surface area contributed by atoms with E-state index in [9.17, 15) is 8.42 Å². The number of sulfonamides is 1. The molecule has 0 bridgehead atoms. The van der Waals surface area contributed by atoms with Crippen LogP contribution < -0.4 is 5.32 Å². The Morgan fingerprint density at radius 2 is 1.58 bits per heavy atom. The topological polar surface area (TPSA) is 49.4 Å². The molecule has 0 saturated heterocycles. The normalized spacial score (nSPS) is 12.0.